The van der Waals surface area contributed by atoms with Gasteiger partial charge in [0.25, 0.3) is 0 Å². The van der Waals surface area contributed by atoms with Crippen LogP contribution in [0.25, 0.3) is 0 Å². The first-order valence-electron chi connectivity index (χ1n) is 8.03. The highest BCUT2D eigenvalue weighted by Crippen LogP contribution is 2.09. The molecule has 0 heterocycles. The third kappa shape index (κ3) is 10.0. The number of ether oxygens (including phenoxy) is 1. The van der Waals surface area contributed by atoms with Crippen LogP contribution in [0.4, 0.5) is 0 Å². The van der Waals surface area contributed by atoms with Gasteiger partial charge in [0.05, 0.1) is 6.54 Å². The van der Waals surface area contributed by atoms with Crippen molar-refractivity contribution in [2.45, 2.75) is 38.1 Å². The molecule has 1 rings (SSSR count). The van der Waals surface area contributed by atoms with Gasteiger partial charge >= 0.3 is 11.9 Å². The highest BCUT2D eigenvalue weighted by molar-refractivity contribution is 14.1. The minimum Gasteiger partial charge on any atom is -0.480 e. The van der Waals surface area contributed by atoms with E-state index in [0.29, 0.717) is 6.42 Å². The molecule has 0 unspecified atom stereocenters. The molecule has 1 atom stereocenters. The first-order chi connectivity index (χ1) is 11.9. The second-order valence-electron chi connectivity index (χ2n) is 5.53. The van der Waals surface area contributed by atoms with E-state index < -0.39 is 18.0 Å². The van der Waals surface area contributed by atoms with Crippen molar-refractivity contribution in [3.8, 4) is 0 Å². The number of carboxylic acids is 1. The molecule has 7 nitrogen and oxygen atoms in total. The number of amides is 1. The quantitative estimate of drug-likeness (QED) is 0.260. The van der Waals surface area contributed by atoms with Gasteiger partial charge in [-0.2, -0.15) is 0 Å². The van der Waals surface area contributed by atoms with Gasteiger partial charge in [-0.25, -0.2) is 0 Å². The molecule has 0 spiro atoms. The van der Waals surface area contributed by atoms with Gasteiger partial charge in [0.1, 0.15) is 12.6 Å². The van der Waals surface area contributed by atoms with E-state index in [4.69, 9.17) is 15.6 Å². The molecule has 0 aliphatic heterocycles. The molecule has 0 radical (unpaired) electrons. The molecule has 0 fully saturated rings. The average Bonchev–Trinajstić information content (AvgIpc) is 2.58. The summed E-state index contributed by atoms with van der Waals surface area (Å²) in [6.45, 7) is 0.295. The van der Waals surface area contributed by atoms with Crippen LogP contribution in [0.15, 0.2) is 24.3 Å². The van der Waals surface area contributed by atoms with Gasteiger partial charge in [0, 0.05) is 16.4 Å². The number of nitrogens with two attached hydrogens (primary N) is 1. The van der Waals surface area contributed by atoms with Crippen molar-refractivity contribution in [1.29, 1.82) is 0 Å². The van der Waals surface area contributed by atoms with Gasteiger partial charge in [-0.1, -0.05) is 12.1 Å². The van der Waals surface area contributed by atoms with E-state index in [9.17, 15) is 14.4 Å². The highest BCUT2D eigenvalue weighted by atomic mass is 127. The summed E-state index contributed by atoms with van der Waals surface area (Å²) in [5.74, 6) is -1.76. The molecular formula is C17H23IN2O5. The van der Waals surface area contributed by atoms with Gasteiger partial charge in [0.2, 0.25) is 5.91 Å². The molecule has 0 aliphatic rings. The Morgan fingerprint density at radius 2 is 1.88 bits per heavy atom. The molecule has 0 aliphatic carbocycles. The zero-order valence-corrected chi connectivity index (χ0v) is 16.0. The van der Waals surface area contributed by atoms with Crippen LogP contribution in [0.2, 0.25) is 0 Å². The monoisotopic (exact) mass is 462 g/mol. The van der Waals surface area contributed by atoms with Crippen molar-refractivity contribution < 1.29 is 24.2 Å². The van der Waals surface area contributed by atoms with E-state index in [-0.39, 0.29) is 31.9 Å². The van der Waals surface area contributed by atoms with Crippen molar-refractivity contribution in [2.24, 2.45) is 5.73 Å². The number of esters is 1. The highest BCUT2D eigenvalue weighted by Gasteiger charge is 2.14. The Hall–Kier alpha value is -1.68. The third-order valence-electron chi connectivity index (χ3n) is 3.45. The van der Waals surface area contributed by atoms with Crippen LogP contribution in [-0.2, 0) is 25.5 Å². The third-order valence-corrected chi connectivity index (χ3v) is 4.17. The summed E-state index contributed by atoms with van der Waals surface area (Å²) in [5, 5.41) is 11.3. The summed E-state index contributed by atoms with van der Waals surface area (Å²) in [6.07, 6.45) is 1.96. The van der Waals surface area contributed by atoms with Crippen molar-refractivity contribution in [2.75, 3.05) is 13.2 Å². The second kappa shape index (κ2) is 11.8. The van der Waals surface area contributed by atoms with E-state index >= 15 is 0 Å². The van der Waals surface area contributed by atoms with Crippen molar-refractivity contribution >= 4 is 40.4 Å². The fourth-order valence-electron chi connectivity index (χ4n) is 2.02. The number of carbonyl (C=O) groups excluding carboxylic acids is 2. The molecule has 0 saturated carbocycles. The molecule has 0 saturated heterocycles. The second-order valence-corrected chi connectivity index (χ2v) is 6.78. The first-order valence-corrected chi connectivity index (χ1v) is 9.11. The molecule has 1 aromatic rings. The van der Waals surface area contributed by atoms with Crippen molar-refractivity contribution in [3.63, 3.8) is 0 Å². The van der Waals surface area contributed by atoms with Crippen LogP contribution < -0.4 is 11.1 Å². The Morgan fingerprint density at radius 3 is 2.52 bits per heavy atom. The number of benzene rings is 1. The number of nitrogens with one attached hydrogen (secondary N) is 1. The summed E-state index contributed by atoms with van der Waals surface area (Å²) >= 11 is 2.25. The van der Waals surface area contributed by atoms with Gasteiger partial charge < -0.3 is 20.9 Å². The van der Waals surface area contributed by atoms with Crippen LogP contribution in [0.3, 0.4) is 0 Å². The lowest BCUT2D eigenvalue weighted by molar-refractivity contribution is -0.144. The van der Waals surface area contributed by atoms with Crippen molar-refractivity contribution in [3.05, 3.63) is 33.4 Å². The lowest BCUT2D eigenvalue weighted by atomic mass is 10.1. The van der Waals surface area contributed by atoms with Crippen LogP contribution in [0.5, 0.6) is 0 Å². The van der Waals surface area contributed by atoms with Gasteiger partial charge in [-0.05, 0) is 59.5 Å². The Kier molecular flexibility index (Phi) is 10.1. The van der Waals surface area contributed by atoms with E-state index in [2.05, 4.69) is 40.0 Å². The number of aryl methyl sites for hydroxylation is 1. The van der Waals surface area contributed by atoms with Crippen LogP contribution in [0.1, 0.15) is 31.2 Å². The SMILES string of the molecule is N[C@@H](CCC(=O)OCCNC(=O)CCCc1ccc(I)cc1)C(=O)O. The number of rotatable bonds is 11. The number of carbonyl (C=O) groups is 3. The molecule has 4 N–H and O–H groups in total. The molecule has 0 aromatic heterocycles. The first kappa shape index (κ1) is 21.4. The zero-order valence-electron chi connectivity index (χ0n) is 13.9. The van der Waals surface area contributed by atoms with E-state index in [1.165, 1.54) is 9.13 Å². The average molecular weight is 462 g/mol. The summed E-state index contributed by atoms with van der Waals surface area (Å²) in [5.41, 5.74) is 6.49. The van der Waals surface area contributed by atoms with Crippen LogP contribution in [0, 0.1) is 3.57 Å². The van der Waals surface area contributed by atoms with Gasteiger partial charge in [-0.15, -0.1) is 0 Å². The van der Waals surface area contributed by atoms with Crippen LogP contribution in [-0.4, -0.2) is 42.1 Å². The largest absolute Gasteiger partial charge is 0.480 e. The molecule has 0 bridgehead atoms. The molecule has 8 heteroatoms. The number of halogens is 1. The number of hydrogen-bond donors (Lipinski definition) is 3. The lowest BCUT2D eigenvalue weighted by Gasteiger charge is -2.08. The zero-order chi connectivity index (χ0) is 18.7. The minimum atomic E-state index is -1.15. The number of hydrogen-bond acceptors (Lipinski definition) is 5. The van der Waals surface area contributed by atoms with Gasteiger partial charge in [0.15, 0.2) is 0 Å². The lowest BCUT2D eigenvalue weighted by Crippen LogP contribution is -2.31. The molecule has 138 valence electrons. The summed E-state index contributed by atoms with van der Waals surface area (Å²) < 4.78 is 6.08. The summed E-state index contributed by atoms with van der Waals surface area (Å²) in [4.78, 5) is 33.6. The maximum absolute atomic E-state index is 11.7. The number of carboxylic acid groups (broad SMARTS) is 1. The molecular weight excluding hydrogens is 439 g/mol. The van der Waals surface area contributed by atoms with E-state index in [1.54, 1.807) is 0 Å². The Labute approximate surface area is 160 Å². The normalized spacial score (nSPS) is 11.6. The Bertz CT molecular complexity index is 577. The van der Waals surface area contributed by atoms with Crippen molar-refractivity contribution in [1.82, 2.24) is 5.32 Å². The predicted octanol–water partition coefficient (Wildman–Crippen LogP) is 1.47. The van der Waals surface area contributed by atoms with Gasteiger partial charge in [-0.3, -0.25) is 14.4 Å². The number of aliphatic carboxylic acids is 1. The minimum absolute atomic E-state index is 0.0268. The van der Waals surface area contributed by atoms with E-state index in [1.807, 2.05) is 12.1 Å². The fraction of sp³-hybridized carbons (Fsp3) is 0.471. The maximum Gasteiger partial charge on any atom is 0.320 e. The fourth-order valence-corrected chi connectivity index (χ4v) is 2.38. The topological polar surface area (TPSA) is 119 Å². The Morgan fingerprint density at radius 1 is 1.20 bits per heavy atom. The van der Waals surface area contributed by atoms with Crippen LogP contribution >= 0.6 is 22.6 Å². The summed E-state index contributed by atoms with van der Waals surface area (Å²) in [7, 11) is 0. The maximum atomic E-state index is 11.7. The Balaban J connectivity index is 2.05. The smallest absolute Gasteiger partial charge is 0.320 e. The summed E-state index contributed by atoms with van der Waals surface area (Å²) in [6, 6.07) is 7.10. The standard InChI is InChI=1S/C17H23IN2O5/c18-13-6-4-12(5-7-13)2-1-3-15(21)20-10-11-25-16(22)9-8-14(19)17(23)24/h4-7,14H,1-3,8-11,19H2,(H,20,21)(H,23,24)/t14-/m0/s1. The molecule has 1 aromatic carbocycles. The van der Waals surface area contributed by atoms with E-state index in [0.717, 1.165) is 12.8 Å². The molecule has 25 heavy (non-hydrogen) atoms. The predicted molar refractivity (Wildman–Crippen MR) is 101 cm³/mol. The molecule has 1 amide bonds.